The van der Waals surface area contributed by atoms with Gasteiger partial charge in [0.25, 0.3) is 0 Å². The van der Waals surface area contributed by atoms with Gasteiger partial charge in [-0.15, -0.1) is 0 Å². The normalized spacial score (nSPS) is 11.6. The summed E-state index contributed by atoms with van der Waals surface area (Å²) in [4.78, 5) is 4.28. The number of pyridine rings is 1. The van der Waals surface area contributed by atoms with Crippen molar-refractivity contribution in [2.75, 3.05) is 6.54 Å². The summed E-state index contributed by atoms with van der Waals surface area (Å²) in [6, 6.07) is 7.94. The first kappa shape index (κ1) is 15.6. The van der Waals surface area contributed by atoms with Gasteiger partial charge in [-0.05, 0) is 49.2 Å². The van der Waals surface area contributed by atoms with E-state index in [0.717, 1.165) is 5.69 Å². The molecule has 112 valence electrons. The lowest BCUT2D eigenvalue weighted by molar-refractivity contribution is 0.578. The Hall–Kier alpha value is -1.79. The quantitative estimate of drug-likeness (QED) is 0.922. The lowest BCUT2D eigenvalue weighted by Gasteiger charge is -2.12. The number of nitrogens with zero attached hydrogens (tertiary/aromatic N) is 1. The smallest absolute Gasteiger partial charge is 0.241 e. The molecule has 2 rings (SSSR count). The van der Waals surface area contributed by atoms with E-state index in [2.05, 4.69) is 9.71 Å². The minimum atomic E-state index is -3.65. The maximum absolute atomic E-state index is 13.2. The van der Waals surface area contributed by atoms with Crippen LogP contribution in [0.2, 0.25) is 0 Å². The molecular formula is C15H17FN2O2S. The van der Waals surface area contributed by atoms with Gasteiger partial charge in [-0.25, -0.2) is 17.5 Å². The molecule has 1 N–H and O–H groups in total. The van der Waals surface area contributed by atoms with Crippen molar-refractivity contribution in [3.63, 3.8) is 0 Å². The van der Waals surface area contributed by atoms with Gasteiger partial charge in [0.05, 0.1) is 4.90 Å². The first-order valence-corrected chi connectivity index (χ1v) is 8.05. The van der Waals surface area contributed by atoms with Crippen LogP contribution >= 0.6 is 0 Å². The van der Waals surface area contributed by atoms with Crippen LogP contribution in [0, 0.1) is 19.7 Å². The predicted molar refractivity (Wildman–Crippen MR) is 79.0 cm³/mol. The van der Waals surface area contributed by atoms with Crippen LogP contribution in [0.5, 0.6) is 0 Å². The summed E-state index contributed by atoms with van der Waals surface area (Å²) in [6.07, 6.45) is 2.16. The number of sulfonamides is 1. The van der Waals surface area contributed by atoms with E-state index in [4.69, 9.17) is 0 Å². The van der Waals surface area contributed by atoms with Gasteiger partial charge in [0, 0.05) is 24.9 Å². The fourth-order valence-electron chi connectivity index (χ4n) is 2.25. The highest BCUT2D eigenvalue weighted by atomic mass is 32.2. The molecule has 0 radical (unpaired) electrons. The molecule has 0 saturated carbocycles. The number of hydrogen-bond acceptors (Lipinski definition) is 3. The second-order valence-corrected chi connectivity index (χ2v) is 6.54. The molecule has 0 fully saturated rings. The Balaban J connectivity index is 2.12. The van der Waals surface area contributed by atoms with Gasteiger partial charge in [-0.3, -0.25) is 4.98 Å². The first-order valence-electron chi connectivity index (χ1n) is 6.56. The summed E-state index contributed by atoms with van der Waals surface area (Å²) in [6.45, 7) is 3.42. The van der Waals surface area contributed by atoms with Crippen molar-refractivity contribution in [1.29, 1.82) is 0 Å². The Bertz CT molecular complexity index is 708. The topological polar surface area (TPSA) is 59.1 Å². The van der Waals surface area contributed by atoms with Crippen LogP contribution in [0.25, 0.3) is 0 Å². The second kappa shape index (κ2) is 6.32. The number of hydrogen-bond donors (Lipinski definition) is 1. The highest BCUT2D eigenvalue weighted by Crippen LogP contribution is 2.21. The third-order valence-corrected chi connectivity index (χ3v) is 4.86. The molecule has 1 aromatic heterocycles. The Morgan fingerprint density at radius 1 is 1.19 bits per heavy atom. The van der Waals surface area contributed by atoms with Crippen molar-refractivity contribution < 1.29 is 12.8 Å². The summed E-state index contributed by atoms with van der Waals surface area (Å²) in [5.41, 5.74) is 1.61. The fraction of sp³-hybridized carbons (Fsp3) is 0.267. The molecule has 0 aliphatic rings. The maximum atomic E-state index is 13.2. The number of aromatic nitrogens is 1. The Kier molecular flexibility index (Phi) is 4.69. The Morgan fingerprint density at radius 3 is 2.43 bits per heavy atom. The van der Waals surface area contributed by atoms with E-state index in [1.165, 1.54) is 12.1 Å². The van der Waals surface area contributed by atoms with E-state index in [9.17, 15) is 12.8 Å². The molecule has 6 heteroatoms. The summed E-state index contributed by atoms with van der Waals surface area (Å²) < 4.78 is 40.4. The number of benzene rings is 1. The van der Waals surface area contributed by atoms with Crippen molar-refractivity contribution in [2.24, 2.45) is 0 Å². The lowest BCUT2D eigenvalue weighted by Crippen LogP contribution is -2.27. The van der Waals surface area contributed by atoms with E-state index < -0.39 is 15.8 Å². The van der Waals surface area contributed by atoms with Gasteiger partial charge >= 0.3 is 0 Å². The molecule has 0 amide bonds. The molecule has 0 saturated heterocycles. The molecule has 0 aliphatic heterocycles. The van der Waals surface area contributed by atoms with Crippen molar-refractivity contribution in [2.45, 2.75) is 25.2 Å². The first-order chi connectivity index (χ1) is 9.90. The van der Waals surface area contributed by atoms with Gasteiger partial charge in [-0.2, -0.15) is 0 Å². The van der Waals surface area contributed by atoms with Crippen molar-refractivity contribution >= 4 is 10.0 Å². The molecule has 0 bridgehead atoms. The van der Waals surface area contributed by atoms with Crippen LogP contribution in [-0.4, -0.2) is 19.9 Å². The summed E-state index contributed by atoms with van der Waals surface area (Å²) >= 11 is 0. The van der Waals surface area contributed by atoms with Gasteiger partial charge in [-0.1, -0.05) is 6.07 Å². The van der Waals surface area contributed by atoms with Gasteiger partial charge < -0.3 is 0 Å². The van der Waals surface area contributed by atoms with Gasteiger partial charge in [0.1, 0.15) is 5.82 Å². The highest BCUT2D eigenvalue weighted by Gasteiger charge is 2.19. The van der Waals surface area contributed by atoms with Crippen LogP contribution < -0.4 is 4.72 Å². The molecule has 0 spiro atoms. The number of halogens is 1. The third kappa shape index (κ3) is 3.86. The van der Waals surface area contributed by atoms with Crippen LogP contribution in [0.15, 0.2) is 41.4 Å². The number of nitrogens with one attached hydrogen (secondary N) is 1. The van der Waals surface area contributed by atoms with Crippen molar-refractivity contribution in [3.8, 4) is 0 Å². The van der Waals surface area contributed by atoms with Crippen LogP contribution in [0.1, 0.15) is 16.8 Å². The molecular weight excluding hydrogens is 291 g/mol. The van der Waals surface area contributed by atoms with E-state index >= 15 is 0 Å². The van der Waals surface area contributed by atoms with Crippen LogP contribution in [-0.2, 0) is 16.4 Å². The zero-order valence-corrected chi connectivity index (χ0v) is 12.7. The zero-order chi connectivity index (χ0) is 15.5. The minimum Gasteiger partial charge on any atom is -0.261 e. The minimum absolute atomic E-state index is 0.143. The van der Waals surface area contributed by atoms with Crippen LogP contribution in [0.3, 0.4) is 0 Å². The van der Waals surface area contributed by atoms with E-state index in [-0.39, 0.29) is 11.4 Å². The third-order valence-electron chi connectivity index (χ3n) is 3.09. The predicted octanol–water partition coefficient (Wildman–Crippen LogP) is 2.36. The molecule has 0 unspecified atom stereocenters. The monoisotopic (exact) mass is 308 g/mol. The fourth-order valence-corrected chi connectivity index (χ4v) is 3.73. The number of aryl methyl sites for hydroxylation is 2. The Labute approximate surface area is 124 Å². The average Bonchev–Trinajstić information content (AvgIpc) is 2.38. The van der Waals surface area contributed by atoms with E-state index in [1.807, 2.05) is 12.1 Å². The Morgan fingerprint density at radius 2 is 1.86 bits per heavy atom. The van der Waals surface area contributed by atoms with Gasteiger partial charge in [0.15, 0.2) is 0 Å². The second-order valence-electron chi connectivity index (χ2n) is 4.84. The summed E-state index contributed by atoms with van der Waals surface area (Å²) in [5.74, 6) is -0.433. The SMILES string of the molecule is Cc1cc(F)cc(C)c1S(=O)(=O)NCCc1ccccn1. The largest absolute Gasteiger partial charge is 0.261 e. The lowest BCUT2D eigenvalue weighted by atomic mass is 10.1. The van der Waals surface area contributed by atoms with E-state index in [1.54, 1.807) is 26.1 Å². The van der Waals surface area contributed by atoms with Gasteiger partial charge in [0.2, 0.25) is 10.0 Å². The molecule has 4 nitrogen and oxygen atoms in total. The maximum Gasteiger partial charge on any atom is 0.241 e. The summed E-state index contributed by atoms with van der Waals surface area (Å²) in [7, 11) is -3.65. The van der Waals surface area contributed by atoms with Crippen molar-refractivity contribution in [3.05, 3.63) is 59.2 Å². The van der Waals surface area contributed by atoms with Crippen molar-refractivity contribution in [1.82, 2.24) is 9.71 Å². The van der Waals surface area contributed by atoms with Crippen LogP contribution in [0.4, 0.5) is 4.39 Å². The van der Waals surface area contributed by atoms with E-state index in [0.29, 0.717) is 17.5 Å². The zero-order valence-electron chi connectivity index (χ0n) is 11.9. The molecule has 1 aromatic carbocycles. The highest BCUT2D eigenvalue weighted by molar-refractivity contribution is 7.89. The number of rotatable bonds is 5. The summed E-state index contributed by atoms with van der Waals surface area (Å²) in [5, 5.41) is 0. The average molecular weight is 308 g/mol. The molecule has 21 heavy (non-hydrogen) atoms. The molecule has 0 aliphatic carbocycles. The standard InChI is InChI=1S/C15H17FN2O2S/c1-11-9-13(16)10-12(2)15(11)21(19,20)18-8-6-14-5-3-4-7-17-14/h3-5,7,9-10,18H,6,8H2,1-2H3. The molecule has 1 heterocycles. The molecule has 0 atom stereocenters. The molecule has 2 aromatic rings.